The molecule has 1 N–H and O–H groups in total. The predicted octanol–water partition coefficient (Wildman–Crippen LogP) is 5.14. The molecule has 2 aromatic carbocycles. The van der Waals surface area contributed by atoms with Crippen LogP contribution in [0, 0.1) is 0 Å². The van der Waals surface area contributed by atoms with Gasteiger partial charge in [-0.25, -0.2) is 0 Å². The molecule has 7 heteroatoms. The van der Waals surface area contributed by atoms with E-state index < -0.39 is 6.04 Å². The van der Waals surface area contributed by atoms with E-state index in [1.807, 2.05) is 66.0 Å². The standard InChI is InChI=1S/C28H32N2O4S/c1-33-23-13-9-20(10-14-23)19-30(26(31)18-25-8-5-17-35-25)27(21-11-15-24(34-2)16-12-21)28(32)29-22-6-3-4-7-22/h5,8-17,22,27H,3-4,6-7,18-19H2,1-2H3,(H,29,32)/t27-/m1/s1. The van der Waals surface area contributed by atoms with Crippen molar-refractivity contribution in [2.45, 2.75) is 50.7 Å². The van der Waals surface area contributed by atoms with Crippen molar-refractivity contribution >= 4 is 23.2 Å². The van der Waals surface area contributed by atoms with Gasteiger partial charge in [0.05, 0.1) is 20.6 Å². The highest BCUT2D eigenvalue weighted by Crippen LogP contribution is 2.29. The molecule has 2 amide bonds. The Hall–Kier alpha value is -3.32. The van der Waals surface area contributed by atoms with Crippen molar-refractivity contribution < 1.29 is 19.1 Å². The Balaban J connectivity index is 1.69. The first-order valence-corrected chi connectivity index (χ1v) is 12.8. The summed E-state index contributed by atoms with van der Waals surface area (Å²) in [5.41, 5.74) is 1.69. The van der Waals surface area contributed by atoms with Gasteiger partial charge in [0.2, 0.25) is 11.8 Å². The number of benzene rings is 2. The van der Waals surface area contributed by atoms with E-state index in [1.165, 1.54) is 0 Å². The third-order valence-electron chi connectivity index (χ3n) is 6.43. The number of rotatable bonds is 10. The van der Waals surface area contributed by atoms with Crippen molar-refractivity contribution in [1.29, 1.82) is 0 Å². The average molecular weight is 493 g/mol. The van der Waals surface area contributed by atoms with Gasteiger partial charge >= 0.3 is 0 Å². The van der Waals surface area contributed by atoms with Gasteiger partial charge < -0.3 is 19.7 Å². The van der Waals surface area contributed by atoms with Crippen LogP contribution in [-0.4, -0.2) is 37.0 Å². The molecule has 0 bridgehead atoms. The van der Waals surface area contributed by atoms with Crippen LogP contribution in [0.4, 0.5) is 0 Å². The number of carbonyl (C=O) groups excluding carboxylic acids is 2. The molecule has 0 aliphatic heterocycles. The van der Waals surface area contributed by atoms with Crippen LogP contribution in [0.3, 0.4) is 0 Å². The molecule has 1 atom stereocenters. The maximum absolute atomic E-state index is 13.7. The largest absolute Gasteiger partial charge is 0.497 e. The summed E-state index contributed by atoms with van der Waals surface area (Å²) in [6.45, 7) is 0.309. The maximum atomic E-state index is 13.7. The third kappa shape index (κ3) is 6.42. The monoisotopic (exact) mass is 492 g/mol. The summed E-state index contributed by atoms with van der Waals surface area (Å²) < 4.78 is 10.6. The first kappa shape index (κ1) is 24.8. The molecule has 184 valence electrons. The summed E-state index contributed by atoms with van der Waals surface area (Å²) >= 11 is 1.55. The van der Waals surface area contributed by atoms with Crippen molar-refractivity contribution in [1.82, 2.24) is 10.2 Å². The number of carbonyl (C=O) groups is 2. The van der Waals surface area contributed by atoms with Crippen LogP contribution in [0.25, 0.3) is 0 Å². The zero-order valence-corrected chi connectivity index (χ0v) is 21.1. The molecule has 0 saturated heterocycles. The van der Waals surface area contributed by atoms with Crippen molar-refractivity contribution in [3.63, 3.8) is 0 Å². The van der Waals surface area contributed by atoms with E-state index in [0.29, 0.717) is 12.3 Å². The predicted molar refractivity (Wildman–Crippen MR) is 138 cm³/mol. The van der Waals surface area contributed by atoms with Gasteiger partial charge in [0.15, 0.2) is 0 Å². The molecule has 1 aliphatic rings. The Labute approximate surface area is 210 Å². The SMILES string of the molecule is COc1ccc(CN(C(=O)Cc2cccs2)[C@@H](C(=O)NC2CCCC2)c2ccc(OC)cc2)cc1. The average Bonchev–Trinajstić information content (AvgIpc) is 3.59. The molecule has 0 spiro atoms. The lowest BCUT2D eigenvalue weighted by atomic mass is 10.0. The highest BCUT2D eigenvalue weighted by Gasteiger charge is 2.33. The molecule has 1 aliphatic carbocycles. The third-order valence-corrected chi connectivity index (χ3v) is 7.31. The summed E-state index contributed by atoms with van der Waals surface area (Å²) in [6, 6.07) is 18.3. The second kappa shape index (κ2) is 11.9. The lowest BCUT2D eigenvalue weighted by Gasteiger charge is -2.32. The van der Waals surface area contributed by atoms with Crippen LogP contribution >= 0.6 is 11.3 Å². The fourth-order valence-corrected chi connectivity index (χ4v) is 5.22. The van der Waals surface area contributed by atoms with Crippen LogP contribution < -0.4 is 14.8 Å². The fraction of sp³-hybridized carbons (Fsp3) is 0.357. The molecule has 1 saturated carbocycles. The number of methoxy groups -OCH3 is 2. The maximum Gasteiger partial charge on any atom is 0.247 e. The zero-order chi connectivity index (χ0) is 24.6. The molecule has 3 aromatic rings. The minimum absolute atomic E-state index is 0.0920. The summed E-state index contributed by atoms with van der Waals surface area (Å²) in [5.74, 6) is 1.21. The zero-order valence-electron chi connectivity index (χ0n) is 20.2. The highest BCUT2D eigenvalue weighted by atomic mass is 32.1. The first-order valence-electron chi connectivity index (χ1n) is 12.0. The molecule has 1 fully saturated rings. The van der Waals surface area contributed by atoms with E-state index in [2.05, 4.69) is 5.32 Å². The minimum Gasteiger partial charge on any atom is -0.497 e. The van der Waals surface area contributed by atoms with E-state index in [4.69, 9.17) is 9.47 Å². The van der Waals surface area contributed by atoms with Crippen LogP contribution in [0.2, 0.25) is 0 Å². The number of hydrogen-bond acceptors (Lipinski definition) is 5. The van der Waals surface area contributed by atoms with Crippen LogP contribution in [0.1, 0.15) is 47.7 Å². The normalized spacial score (nSPS) is 14.3. The van der Waals surface area contributed by atoms with E-state index >= 15 is 0 Å². The molecule has 1 aromatic heterocycles. The molecule has 6 nitrogen and oxygen atoms in total. The molecular formula is C28H32N2O4S. The number of nitrogens with one attached hydrogen (secondary N) is 1. The van der Waals surface area contributed by atoms with Crippen LogP contribution in [0.15, 0.2) is 66.0 Å². The van der Waals surface area contributed by atoms with Gasteiger partial charge in [-0.1, -0.05) is 43.2 Å². The molecule has 0 radical (unpaired) electrons. The van der Waals surface area contributed by atoms with Gasteiger partial charge in [-0.2, -0.15) is 0 Å². The number of hydrogen-bond donors (Lipinski definition) is 1. The van der Waals surface area contributed by atoms with Crippen LogP contribution in [-0.2, 0) is 22.6 Å². The number of nitrogens with zero attached hydrogens (tertiary/aromatic N) is 1. The Morgan fingerprint density at radius 1 is 0.971 bits per heavy atom. The first-order chi connectivity index (χ1) is 17.1. The Morgan fingerprint density at radius 3 is 2.17 bits per heavy atom. The van der Waals surface area contributed by atoms with Gasteiger partial charge in [0.25, 0.3) is 0 Å². The highest BCUT2D eigenvalue weighted by molar-refractivity contribution is 7.10. The van der Waals surface area contributed by atoms with E-state index in [1.54, 1.807) is 30.5 Å². The molecule has 4 rings (SSSR count). The van der Waals surface area contributed by atoms with E-state index in [-0.39, 0.29) is 24.3 Å². The Bertz CT molecular complexity index is 1090. The molecular weight excluding hydrogens is 460 g/mol. The lowest BCUT2D eigenvalue weighted by Crippen LogP contribution is -2.46. The molecule has 35 heavy (non-hydrogen) atoms. The fourth-order valence-electron chi connectivity index (χ4n) is 4.52. The van der Waals surface area contributed by atoms with Crippen molar-refractivity contribution in [2.75, 3.05) is 14.2 Å². The Morgan fingerprint density at radius 2 is 1.60 bits per heavy atom. The smallest absolute Gasteiger partial charge is 0.247 e. The van der Waals surface area contributed by atoms with Gasteiger partial charge in [-0.3, -0.25) is 9.59 Å². The van der Waals surface area contributed by atoms with Gasteiger partial charge in [-0.05, 0) is 59.7 Å². The number of amides is 2. The lowest BCUT2D eigenvalue weighted by molar-refractivity contribution is -0.141. The van der Waals surface area contributed by atoms with Crippen molar-refractivity contribution in [3.8, 4) is 11.5 Å². The summed E-state index contributed by atoms with van der Waals surface area (Å²) in [7, 11) is 3.23. The minimum atomic E-state index is -0.754. The molecule has 1 heterocycles. The van der Waals surface area contributed by atoms with Gasteiger partial charge in [-0.15, -0.1) is 11.3 Å². The number of ether oxygens (including phenoxy) is 2. The van der Waals surface area contributed by atoms with Gasteiger partial charge in [0.1, 0.15) is 17.5 Å². The summed E-state index contributed by atoms with van der Waals surface area (Å²) in [5, 5.41) is 5.19. The summed E-state index contributed by atoms with van der Waals surface area (Å²) in [6.07, 6.45) is 4.43. The van der Waals surface area contributed by atoms with E-state index in [0.717, 1.165) is 47.4 Å². The van der Waals surface area contributed by atoms with Crippen molar-refractivity contribution in [3.05, 3.63) is 82.0 Å². The van der Waals surface area contributed by atoms with Gasteiger partial charge in [0, 0.05) is 17.5 Å². The summed E-state index contributed by atoms with van der Waals surface area (Å²) in [4.78, 5) is 30.1. The topological polar surface area (TPSA) is 67.9 Å². The number of thiophene rings is 1. The van der Waals surface area contributed by atoms with E-state index in [9.17, 15) is 9.59 Å². The molecule has 0 unspecified atom stereocenters. The van der Waals surface area contributed by atoms with Crippen molar-refractivity contribution in [2.24, 2.45) is 0 Å². The quantitative estimate of drug-likeness (QED) is 0.426. The second-order valence-corrected chi connectivity index (χ2v) is 9.82. The second-order valence-electron chi connectivity index (χ2n) is 8.79. The van der Waals surface area contributed by atoms with Crippen LogP contribution in [0.5, 0.6) is 11.5 Å². The Kier molecular flexibility index (Phi) is 8.42.